The van der Waals surface area contributed by atoms with Crippen molar-refractivity contribution in [3.8, 4) is 5.69 Å². The summed E-state index contributed by atoms with van der Waals surface area (Å²) in [6.45, 7) is 0.591. The van der Waals surface area contributed by atoms with E-state index in [1.807, 2.05) is 36.5 Å². The lowest BCUT2D eigenvalue weighted by Gasteiger charge is -2.40. The highest BCUT2D eigenvalue weighted by Crippen LogP contribution is 2.43. The molecule has 1 heterocycles. The second kappa shape index (κ2) is 5.69. The van der Waals surface area contributed by atoms with Gasteiger partial charge in [-0.2, -0.15) is 5.10 Å². The van der Waals surface area contributed by atoms with Gasteiger partial charge < -0.3 is 11.1 Å². The average molecular weight is 284 g/mol. The number of hydrogen-bond donors (Lipinski definition) is 2. The highest BCUT2D eigenvalue weighted by Gasteiger charge is 2.37. The Labute approximate surface area is 124 Å². The minimum atomic E-state index is 0.0314. The lowest BCUT2D eigenvalue weighted by molar-refractivity contribution is -0.119. The van der Waals surface area contributed by atoms with Crippen molar-refractivity contribution in [2.45, 2.75) is 25.7 Å². The van der Waals surface area contributed by atoms with Crippen LogP contribution < -0.4 is 11.1 Å². The zero-order valence-electron chi connectivity index (χ0n) is 12.0. The van der Waals surface area contributed by atoms with Crippen LogP contribution in [-0.4, -0.2) is 22.2 Å². The second-order valence-corrected chi connectivity index (χ2v) is 5.78. The Hall–Kier alpha value is -2.14. The van der Waals surface area contributed by atoms with E-state index in [2.05, 4.69) is 10.4 Å². The van der Waals surface area contributed by atoms with Gasteiger partial charge in [-0.25, -0.2) is 4.68 Å². The Morgan fingerprint density at radius 3 is 2.86 bits per heavy atom. The number of amides is 1. The van der Waals surface area contributed by atoms with Crippen LogP contribution in [0.3, 0.4) is 0 Å². The van der Waals surface area contributed by atoms with Gasteiger partial charge in [-0.1, -0.05) is 12.5 Å². The van der Waals surface area contributed by atoms with Crippen LogP contribution in [0.25, 0.3) is 5.69 Å². The summed E-state index contributed by atoms with van der Waals surface area (Å²) in [5.74, 6) is 0.0396. The number of aromatic nitrogens is 2. The number of rotatable bonds is 5. The van der Waals surface area contributed by atoms with Crippen LogP contribution in [0, 0.1) is 5.41 Å². The number of carbonyl (C=O) groups is 1. The van der Waals surface area contributed by atoms with Gasteiger partial charge in [0.25, 0.3) is 0 Å². The lowest BCUT2D eigenvalue weighted by Crippen LogP contribution is -2.40. The van der Waals surface area contributed by atoms with Gasteiger partial charge in [0.2, 0.25) is 5.91 Å². The molecule has 0 bridgehead atoms. The Balaban J connectivity index is 1.67. The first-order chi connectivity index (χ1) is 10.2. The molecule has 2 aromatic rings. The quantitative estimate of drug-likeness (QED) is 0.885. The second-order valence-electron chi connectivity index (χ2n) is 5.78. The Bertz CT molecular complexity index is 611. The Morgan fingerprint density at radius 2 is 2.24 bits per heavy atom. The number of carbonyl (C=O) groups excluding carboxylic acids is 1. The van der Waals surface area contributed by atoms with E-state index in [1.54, 1.807) is 10.9 Å². The molecule has 0 spiro atoms. The maximum absolute atomic E-state index is 12.2. The molecule has 0 aliphatic heterocycles. The third-order valence-electron chi connectivity index (χ3n) is 4.28. The van der Waals surface area contributed by atoms with Crippen LogP contribution in [-0.2, 0) is 4.79 Å². The van der Waals surface area contributed by atoms with Crippen molar-refractivity contribution in [3.63, 3.8) is 0 Å². The molecule has 5 heteroatoms. The lowest BCUT2D eigenvalue weighted by atomic mass is 9.66. The van der Waals surface area contributed by atoms with Gasteiger partial charge in [0.05, 0.1) is 5.69 Å². The van der Waals surface area contributed by atoms with Crippen molar-refractivity contribution >= 4 is 11.6 Å². The summed E-state index contributed by atoms with van der Waals surface area (Å²) < 4.78 is 1.77. The topological polar surface area (TPSA) is 72.9 Å². The van der Waals surface area contributed by atoms with E-state index in [0.717, 1.165) is 24.2 Å². The van der Waals surface area contributed by atoms with Gasteiger partial charge in [0.1, 0.15) is 0 Å². The van der Waals surface area contributed by atoms with Crippen LogP contribution in [0.2, 0.25) is 0 Å². The van der Waals surface area contributed by atoms with E-state index >= 15 is 0 Å². The van der Waals surface area contributed by atoms with E-state index in [9.17, 15) is 4.79 Å². The maximum Gasteiger partial charge on any atom is 0.224 e. The number of nitrogens with zero attached hydrogens (tertiary/aromatic N) is 2. The number of hydrogen-bond acceptors (Lipinski definition) is 3. The normalized spacial score (nSPS) is 16.2. The summed E-state index contributed by atoms with van der Waals surface area (Å²) in [5, 5.41) is 7.16. The van der Waals surface area contributed by atoms with Gasteiger partial charge in [-0.05, 0) is 49.1 Å². The zero-order valence-corrected chi connectivity index (χ0v) is 12.0. The number of benzene rings is 1. The predicted octanol–water partition coefficient (Wildman–Crippen LogP) is 2.33. The first-order valence-electron chi connectivity index (χ1n) is 7.31. The molecule has 0 radical (unpaired) electrons. The number of anilines is 1. The molecule has 3 rings (SSSR count). The molecule has 1 aliphatic carbocycles. The minimum Gasteiger partial charge on any atom is -0.330 e. The molecule has 21 heavy (non-hydrogen) atoms. The van der Waals surface area contributed by atoms with Gasteiger partial charge in [-0.15, -0.1) is 0 Å². The summed E-state index contributed by atoms with van der Waals surface area (Å²) in [5.41, 5.74) is 7.56. The third-order valence-corrected chi connectivity index (χ3v) is 4.28. The smallest absolute Gasteiger partial charge is 0.224 e. The van der Waals surface area contributed by atoms with Crippen LogP contribution in [0.1, 0.15) is 25.7 Å². The largest absolute Gasteiger partial charge is 0.330 e. The molecule has 0 unspecified atom stereocenters. The predicted molar refractivity (Wildman–Crippen MR) is 82.1 cm³/mol. The standard InChI is InChI=1S/C16H20N4O/c17-12-16(6-2-7-16)11-15(21)19-13-4-1-5-14(10-13)20-9-3-8-18-20/h1,3-5,8-10H,2,6-7,11-12,17H2,(H,19,21). The van der Waals surface area contributed by atoms with E-state index in [1.165, 1.54) is 6.42 Å². The molecule has 1 aliphatic rings. The molecule has 1 amide bonds. The van der Waals surface area contributed by atoms with Crippen LogP contribution in [0.4, 0.5) is 5.69 Å². The van der Waals surface area contributed by atoms with Crippen molar-refractivity contribution in [2.24, 2.45) is 11.1 Å². The highest BCUT2D eigenvalue weighted by atomic mass is 16.1. The summed E-state index contributed by atoms with van der Waals surface area (Å²) in [6.07, 6.45) is 7.41. The first-order valence-corrected chi connectivity index (χ1v) is 7.31. The molecule has 1 aromatic heterocycles. The molecule has 1 saturated carbocycles. The van der Waals surface area contributed by atoms with Gasteiger partial charge in [0.15, 0.2) is 0 Å². The van der Waals surface area contributed by atoms with Gasteiger partial charge in [-0.3, -0.25) is 4.79 Å². The highest BCUT2D eigenvalue weighted by molar-refractivity contribution is 5.91. The van der Waals surface area contributed by atoms with E-state index in [4.69, 9.17) is 5.73 Å². The fourth-order valence-electron chi connectivity index (χ4n) is 2.82. The zero-order chi connectivity index (χ0) is 14.7. The number of nitrogens with one attached hydrogen (secondary N) is 1. The molecule has 3 N–H and O–H groups in total. The van der Waals surface area contributed by atoms with Crippen molar-refractivity contribution < 1.29 is 4.79 Å². The van der Waals surface area contributed by atoms with Crippen LogP contribution >= 0.6 is 0 Å². The minimum absolute atomic E-state index is 0.0314. The van der Waals surface area contributed by atoms with Gasteiger partial charge >= 0.3 is 0 Å². The molecule has 1 fully saturated rings. The summed E-state index contributed by atoms with van der Waals surface area (Å²) >= 11 is 0. The average Bonchev–Trinajstić information content (AvgIpc) is 2.97. The van der Waals surface area contributed by atoms with E-state index in [-0.39, 0.29) is 11.3 Å². The van der Waals surface area contributed by atoms with Crippen molar-refractivity contribution in [2.75, 3.05) is 11.9 Å². The van der Waals surface area contributed by atoms with E-state index in [0.29, 0.717) is 13.0 Å². The molecule has 5 nitrogen and oxygen atoms in total. The Morgan fingerprint density at radius 1 is 1.38 bits per heavy atom. The van der Waals surface area contributed by atoms with Crippen LogP contribution in [0.5, 0.6) is 0 Å². The Kier molecular flexibility index (Phi) is 3.75. The van der Waals surface area contributed by atoms with E-state index < -0.39 is 0 Å². The fourth-order valence-corrected chi connectivity index (χ4v) is 2.82. The van der Waals surface area contributed by atoms with Crippen molar-refractivity contribution in [3.05, 3.63) is 42.7 Å². The maximum atomic E-state index is 12.2. The third kappa shape index (κ3) is 2.97. The summed E-state index contributed by atoms with van der Waals surface area (Å²) in [7, 11) is 0. The van der Waals surface area contributed by atoms with Crippen LogP contribution in [0.15, 0.2) is 42.7 Å². The number of nitrogens with two attached hydrogens (primary N) is 1. The van der Waals surface area contributed by atoms with Crippen molar-refractivity contribution in [1.82, 2.24) is 9.78 Å². The van der Waals surface area contributed by atoms with Gasteiger partial charge in [0, 0.05) is 24.5 Å². The molecule has 0 saturated heterocycles. The first kappa shape index (κ1) is 13.8. The fraction of sp³-hybridized carbons (Fsp3) is 0.375. The molecular weight excluding hydrogens is 264 g/mol. The molecular formula is C16H20N4O. The summed E-state index contributed by atoms with van der Waals surface area (Å²) in [4.78, 5) is 12.2. The summed E-state index contributed by atoms with van der Waals surface area (Å²) in [6, 6.07) is 9.54. The SMILES string of the molecule is NCC1(CC(=O)Nc2cccc(-n3cccn3)c2)CCC1. The monoisotopic (exact) mass is 284 g/mol. The molecule has 1 aromatic carbocycles. The van der Waals surface area contributed by atoms with Crippen molar-refractivity contribution in [1.29, 1.82) is 0 Å². The molecule has 110 valence electrons. The molecule has 0 atom stereocenters.